The van der Waals surface area contributed by atoms with Crippen LogP contribution in [-0.2, 0) is 13.1 Å². The van der Waals surface area contributed by atoms with Gasteiger partial charge in [-0.05, 0) is 18.1 Å². The van der Waals surface area contributed by atoms with Crippen LogP contribution < -0.4 is 10.6 Å². The number of H-pyrrole nitrogens is 1. The highest BCUT2D eigenvalue weighted by molar-refractivity contribution is 14.0. The van der Waals surface area contributed by atoms with E-state index in [1.54, 1.807) is 7.05 Å². The Morgan fingerprint density at radius 2 is 1.69 bits per heavy atom. The summed E-state index contributed by atoms with van der Waals surface area (Å²) in [5.41, 5.74) is 4.62. The quantitative estimate of drug-likeness (QED) is 0.307. The van der Waals surface area contributed by atoms with Crippen LogP contribution in [0.1, 0.15) is 17.0 Å². The number of hydrogen-bond acceptors (Lipinski definition) is 2. The van der Waals surface area contributed by atoms with E-state index < -0.39 is 0 Å². The van der Waals surface area contributed by atoms with E-state index in [0.29, 0.717) is 6.54 Å². The fourth-order valence-electron chi connectivity index (χ4n) is 2.50. The lowest BCUT2D eigenvalue weighted by atomic mass is 10.1. The first-order chi connectivity index (χ1) is 12.2. The monoisotopic (exact) mass is 461 g/mol. The van der Waals surface area contributed by atoms with Crippen molar-refractivity contribution in [3.63, 3.8) is 0 Å². The standard InChI is InChI=1S/C20H23N5.HI/c1-15-8-10-16(11-9-15)12-23-20(21-2)24-14-19-22-13-18(25-19)17-6-4-3-5-7-17;/h3-11,13H,12,14H2,1-2H3,(H,22,25)(H2,21,23,24);1H. The average Bonchev–Trinajstić information content (AvgIpc) is 3.13. The van der Waals surface area contributed by atoms with E-state index in [-0.39, 0.29) is 24.0 Å². The Labute approximate surface area is 171 Å². The van der Waals surface area contributed by atoms with Crippen molar-refractivity contribution in [3.05, 3.63) is 77.7 Å². The average molecular weight is 461 g/mol. The second-order valence-corrected chi connectivity index (χ2v) is 5.87. The smallest absolute Gasteiger partial charge is 0.191 e. The molecule has 3 rings (SSSR count). The summed E-state index contributed by atoms with van der Waals surface area (Å²) in [5.74, 6) is 1.62. The first kappa shape index (κ1) is 20.0. The van der Waals surface area contributed by atoms with Crippen molar-refractivity contribution in [2.24, 2.45) is 4.99 Å². The number of aliphatic imine (C=N–C) groups is 1. The molecule has 0 aliphatic rings. The summed E-state index contributed by atoms with van der Waals surface area (Å²) in [7, 11) is 1.77. The van der Waals surface area contributed by atoms with Gasteiger partial charge in [-0.25, -0.2) is 4.98 Å². The molecule has 3 N–H and O–H groups in total. The molecule has 26 heavy (non-hydrogen) atoms. The van der Waals surface area contributed by atoms with Gasteiger partial charge in [0.2, 0.25) is 0 Å². The molecular weight excluding hydrogens is 437 g/mol. The van der Waals surface area contributed by atoms with Gasteiger partial charge < -0.3 is 15.6 Å². The van der Waals surface area contributed by atoms with E-state index in [1.165, 1.54) is 11.1 Å². The number of nitrogens with zero attached hydrogens (tertiary/aromatic N) is 2. The van der Waals surface area contributed by atoms with Gasteiger partial charge in [-0.2, -0.15) is 0 Å². The molecule has 6 heteroatoms. The summed E-state index contributed by atoms with van der Waals surface area (Å²) in [4.78, 5) is 12.0. The highest BCUT2D eigenvalue weighted by Crippen LogP contribution is 2.15. The van der Waals surface area contributed by atoms with E-state index in [9.17, 15) is 0 Å². The predicted octanol–water partition coefficient (Wildman–Crippen LogP) is 3.87. The van der Waals surface area contributed by atoms with Crippen molar-refractivity contribution in [2.75, 3.05) is 7.05 Å². The fraction of sp³-hybridized carbons (Fsp3) is 0.200. The van der Waals surface area contributed by atoms with E-state index in [4.69, 9.17) is 0 Å². The van der Waals surface area contributed by atoms with Crippen LogP contribution in [-0.4, -0.2) is 23.0 Å². The van der Waals surface area contributed by atoms with Crippen molar-refractivity contribution < 1.29 is 0 Å². The Morgan fingerprint density at radius 3 is 2.38 bits per heavy atom. The maximum absolute atomic E-state index is 4.43. The molecule has 1 heterocycles. The van der Waals surface area contributed by atoms with Crippen LogP contribution >= 0.6 is 24.0 Å². The van der Waals surface area contributed by atoms with E-state index in [0.717, 1.165) is 29.6 Å². The SMILES string of the molecule is CN=C(NCc1ccc(C)cc1)NCc1ncc(-c2ccccc2)[nH]1.I. The molecular formula is C20H24IN5. The molecule has 0 unspecified atom stereocenters. The van der Waals surface area contributed by atoms with Gasteiger partial charge >= 0.3 is 0 Å². The van der Waals surface area contributed by atoms with Gasteiger partial charge in [-0.3, -0.25) is 4.99 Å². The predicted molar refractivity (Wildman–Crippen MR) is 118 cm³/mol. The number of hydrogen-bond donors (Lipinski definition) is 3. The zero-order chi connectivity index (χ0) is 17.5. The zero-order valence-corrected chi connectivity index (χ0v) is 17.3. The number of guanidine groups is 1. The molecule has 1 aromatic heterocycles. The van der Waals surface area contributed by atoms with Crippen molar-refractivity contribution >= 4 is 29.9 Å². The van der Waals surface area contributed by atoms with Crippen molar-refractivity contribution in [3.8, 4) is 11.3 Å². The van der Waals surface area contributed by atoms with Gasteiger partial charge in [0, 0.05) is 13.6 Å². The third-order valence-electron chi connectivity index (χ3n) is 3.94. The highest BCUT2D eigenvalue weighted by Gasteiger charge is 2.04. The molecule has 0 amide bonds. The van der Waals surface area contributed by atoms with E-state index >= 15 is 0 Å². The number of aromatic nitrogens is 2. The first-order valence-corrected chi connectivity index (χ1v) is 8.34. The van der Waals surface area contributed by atoms with Gasteiger partial charge in [0.25, 0.3) is 0 Å². The van der Waals surface area contributed by atoms with Crippen LogP contribution in [0, 0.1) is 6.92 Å². The molecule has 136 valence electrons. The van der Waals surface area contributed by atoms with Gasteiger partial charge in [-0.15, -0.1) is 24.0 Å². The fourth-order valence-corrected chi connectivity index (χ4v) is 2.50. The Kier molecular flexibility index (Phi) is 7.65. The minimum Gasteiger partial charge on any atom is -0.352 e. The van der Waals surface area contributed by atoms with Crippen LogP contribution in [0.4, 0.5) is 0 Å². The molecule has 3 aromatic rings. The maximum atomic E-state index is 4.43. The maximum Gasteiger partial charge on any atom is 0.191 e. The normalized spacial score (nSPS) is 10.9. The second-order valence-electron chi connectivity index (χ2n) is 5.87. The number of halogens is 1. The lowest BCUT2D eigenvalue weighted by Crippen LogP contribution is -2.36. The largest absolute Gasteiger partial charge is 0.352 e. The molecule has 5 nitrogen and oxygen atoms in total. The van der Waals surface area contributed by atoms with Crippen LogP contribution in [0.15, 0.2) is 65.8 Å². The third kappa shape index (κ3) is 5.59. The van der Waals surface area contributed by atoms with E-state index in [1.807, 2.05) is 24.4 Å². The summed E-state index contributed by atoms with van der Waals surface area (Å²) >= 11 is 0. The number of aryl methyl sites for hydroxylation is 1. The number of nitrogens with one attached hydrogen (secondary N) is 3. The summed E-state index contributed by atoms with van der Waals surface area (Å²) < 4.78 is 0. The van der Waals surface area contributed by atoms with Crippen LogP contribution in [0.3, 0.4) is 0 Å². The molecule has 0 aliphatic heterocycles. The van der Waals surface area contributed by atoms with Gasteiger partial charge in [0.15, 0.2) is 5.96 Å². The first-order valence-electron chi connectivity index (χ1n) is 8.34. The molecule has 0 fully saturated rings. The number of rotatable bonds is 5. The topological polar surface area (TPSA) is 65.1 Å². The Morgan fingerprint density at radius 1 is 1.00 bits per heavy atom. The van der Waals surface area contributed by atoms with Gasteiger partial charge in [0.1, 0.15) is 5.82 Å². The minimum atomic E-state index is 0. The number of benzene rings is 2. The van der Waals surface area contributed by atoms with Crippen LogP contribution in [0.25, 0.3) is 11.3 Å². The summed E-state index contributed by atoms with van der Waals surface area (Å²) in [5, 5.41) is 6.59. The highest BCUT2D eigenvalue weighted by atomic mass is 127. The second kappa shape index (κ2) is 9.96. The Balaban J connectivity index is 0.00000243. The van der Waals surface area contributed by atoms with Crippen molar-refractivity contribution in [1.82, 2.24) is 20.6 Å². The third-order valence-corrected chi connectivity index (χ3v) is 3.94. The Bertz CT molecular complexity index is 825. The Hall–Kier alpha value is -2.35. The van der Waals surface area contributed by atoms with Gasteiger partial charge in [0.05, 0.1) is 18.4 Å². The summed E-state index contributed by atoms with van der Waals surface area (Å²) in [6.07, 6.45) is 1.86. The van der Waals surface area contributed by atoms with Crippen LogP contribution in [0.5, 0.6) is 0 Å². The molecule has 0 bridgehead atoms. The molecule has 0 spiro atoms. The molecule has 0 saturated heterocycles. The van der Waals surface area contributed by atoms with Gasteiger partial charge in [-0.1, -0.05) is 60.2 Å². The van der Waals surface area contributed by atoms with Crippen molar-refractivity contribution in [2.45, 2.75) is 20.0 Å². The summed E-state index contributed by atoms with van der Waals surface area (Å²) in [6, 6.07) is 18.6. The van der Waals surface area contributed by atoms with Crippen LogP contribution in [0.2, 0.25) is 0 Å². The minimum absolute atomic E-state index is 0. The molecule has 0 atom stereocenters. The lowest BCUT2D eigenvalue weighted by Gasteiger charge is -2.11. The molecule has 0 radical (unpaired) electrons. The number of imidazole rings is 1. The number of aromatic amines is 1. The molecule has 0 saturated carbocycles. The summed E-state index contributed by atoms with van der Waals surface area (Å²) in [6.45, 7) is 3.40. The van der Waals surface area contributed by atoms with Crippen molar-refractivity contribution in [1.29, 1.82) is 0 Å². The lowest BCUT2D eigenvalue weighted by molar-refractivity contribution is 0.782. The van der Waals surface area contributed by atoms with E-state index in [2.05, 4.69) is 68.9 Å². The zero-order valence-electron chi connectivity index (χ0n) is 15.0. The molecule has 0 aliphatic carbocycles. The molecule has 2 aromatic carbocycles.